The number of hydrogen-bond acceptors (Lipinski definition) is 7. The predicted molar refractivity (Wildman–Crippen MR) is 175 cm³/mol. The predicted octanol–water partition coefficient (Wildman–Crippen LogP) is 6.80. The van der Waals surface area contributed by atoms with Crippen LogP contribution >= 0.6 is 11.6 Å². The molecule has 0 aromatic carbocycles. The van der Waals surface area contributed by atoms with Gasteiger partial charge >= 0.3 is 5.97 Å². The highest BCUT2D eigenvalue weighted by molar-refractivity contribution is 6.74. The fraction of sp³-hybridized carbons (Fsp3) is 0.735. The van der Waals surface area contributed by atoms with Gasteiger partial charge in [0.15, 0.2) is 14.1 Å². The first kappa shape index (κ1) is 37.7. The molecule has 7 nitrogen and oxygen atoms in total. The SMILES string of the molecule is COC(=O)C[C@]1(OC)C[C@H](O[Si](C)(C)C(C)(C)C)[C@@H](C)[C@H]([C@H](C)[C@@H](/C=C(\C)C[C@@H](O)/C=C/C=C/C#C[C@@H]2C[C@H]2Cl)OC)O1. The van der Waals surface area contributed by atoms with Crippen LogP contribution in [0.5, 0.6) is 0 Å². The third-order valence-corrected chi connectivity index (χ3v) is 14.1. The lowest BCUT2D eigenvalue weighted by Crippen LogP contribution is -2.59. The standard InChI is InChI=1S/C34H55ClO7Si/c1-23(18-27(36)17-15-13-12-14-16-26-20-28(26)35)19-29(38-7)24(2)32-25(3)30(42-43(10,11)33(4,5)6)21-34(40-9,41-32)22-31(37)39-8/h12-13,15,17,19,24-30,32,36H,18,20-22H2,1-11H3/b13-12+,17-15+,23-19+/t24-,25-,26-,27+,28-,29-,30+,32+,34+/m1/s1. The number of hydrogen-bond donors (Lipinski definition) is 1. The average molecular weight is 639 g/mol. The first-order valence-corrected chi connectivity index (χ1v) is 18.7. The summed E-state index contributed by atoms with van der Waals surface area (Å²) in [6.45, 7) is 17.3. The fourth-order valence-corrected chi connectivity index (χ4v) is 6.80. The van der Waals surface area contributed by atoms with Crippen molar-refractivity contribution >= 4 is 25.9 Å². The highest BCUT2D eigenvalue weighted by Gasteiger charge is 2.52. The number of carbonyl (C=O) groups excluding carboxylic acids is 1. The van der Waals surface area contributed by atoms with Crippen LogP contribution in [0.4, 0.5) is 0 Å². The van der Waals surface area contributed by atoms with E-state index in [0.29, 0.717) is 18.8 Å². The Hall–Kier alpha value is -1.44. The van der Waals surface area contributed by atoms with E-state index >= 15 is 0 Å². The number of alkyl halides is 1. The second-order valence-electron chi connectivity index (χ2n) is 13.7. The van der Waals surface area contributed by atoms with Gasteiger partial charge in [-0.3, -0.25) is 4.79 Å². The maximum Gasteiger partial charge on any atom is 0.310 e. The van der Waals surface area contributed by atoms with Crippen LogP contribution in [0, 0.1) is 29.6 Å². The third kappa shape index (κ3) is 11.1. The lowest BCUT2D eigenvalue weighted by atomic mass is 9.80. The Morgan fingerprint density at radius 2 is 1.88 bits per heavy atom. The van der Waals surface area contributed by atoms with Crippen LogP contribution in [0.15, 0.2) is 36.0 Å². The van der Waals surface area contributed by atoms with Crippen molar-refractivity contribution in [2.24, 2.45) is 17.8 Å². The summed E-state index contributed by atoms with van der Waals surface area (Å²) in [5.41, 5.74) is 0.992. The molecule has 1 aliphatic heterocycles. The fourth-order valence-electron chi connectivity index (χ4n) is 5.14. The van der Waals surface area contributed by atoms with Crippen molar-refractivity contribution in [3.05, 3.63) is 36.0 Å². The monoisotopic (exact) mass is 638 g/mol. The lowest BCUT2D eigenvalue weighted by molar-refractivity contribution is -0.310. The topological polar surface area (TPSA) is 83.5 Å². The van der Waals surface area contributed by atoms with Gasteiger partial charge in [0, 0.05) is 43.8 Å². The summed E-state index contributed by atoms with van der Waals surface area (Å²) in [7, 11) is 2.47. The summed E-state index contributed by atoms with van der Waals surface area (Å²) in [4.78, 5) is 12.5. The average Bonchev–Trinajstić information content (AvgIpc) is 3.64. The van der Waals surface area contributed by atoms with E-state index in [9.17, 15) is 9.90 Å². The van der Waals surface area contributed by atoms with Gasteiger partial charge in [0.05, 0.1) is 37.9 Å². The molecular weight excluding hydrogens is 584 g/mol. The Balaban J connectivity index is 2.21. The molecule has 0 aromatic heterocycles. The smallest absolute Gasteiger partial charge is 0.310 e. The summed E-state index contributed by atoms with van der Waals surface area (Å²) in [6, 6.07) is 0. The molecule has 1 saturated heterocycles. The van der Waals surface area contributed by atoms with Crippen LogP contribution in [0.2, 0.25) is 18.1 Å². The first-order valence-electron chi connectivity index (χ1n) is 15.3. The molecule has 0 spiro atoms. The maximum atomic E-state index is 12.5. The lowest BCUT2D eigenvalue weighted by Gasteiger charge is -2.51. The van der Waals surface area contributed by atoms with Crippen LogP contribution < -0.4 is 0 Å². The zero-order valence-corrected chi connectivity index (χ0v) is 29.9. The van der Waals surface area contributed by atoms with Gasteiger partial charge in [-0.25, -0.2) is 0 Å². The van der Waals surface area contributed by atoms with Gasteiger partial charge in [0.1, 0.15) is 0 Å². The molecule has 43 heavy (non-hydrogen) atoms. The van der Waals surface area contributed by atoms with Crippen molar-refractivity contribution in [2.75, 3.05) is 21.3 Å². The summed E-state index contributed by atoms with van der Waals surface area (Å²) < 4.78 is 30.5. The summed E-state index contributed by atoms with van der Waals surface area (Å²) in [6.07, 6.45) is 9.54. The van der Waals surface area contributed by atoms with Crippen molar-refractivity contribution in [2.45, 2.75) is 121 Å². The molecule has 2 aliphatic rings. The van der Waals surface area contributed by atoms with Crippen molar-refractivity contribution in [3.8, 4) is 11.8 Å². The maximum absolute atomic E-state index is 12.5. The van der Waals surface area contributed by atoms with Crippen LogP contribution in [0.3, 0.4) is 0 Å². The second kappa shape index (κ2) is 16.2. The van der Waals surface area contributed by atoms with Gasteiger partial charge in [0.25, 0.3) is 0 Å². The van der Waals surface area contributed by atoms with E-state index in [1.807, 2.05) is 19.1 Å². The minimum absolute atomic E-state index is 0.00931. The molecular formula is C34H55ClO7Si. The summed E-state index contributed by atoms with van der Waals surface area (Å²) >= 11 is 5.96. The van der Waals surface area contributed by atoms with Crippen LogP contribution in [-0.4, -0.2) is 76.3 Å². The zero-order valence-electron chi connectivity index (χ0n) is 28.1. The number of rotatable bonds is 13. The van der Waals surface area contributed by atoms with Gasteiger partial charge in [0.2, 0.25) is 0 Å². The number of esters is 1. The molecule has 1 heterocycles. The Bertz CT molecular complexity index is 1070. The van der Waals surface area contributed by atoms with E-state index in [1.165, 1.54) is 7.11 Å². The molecule has 0 amide bonds. The highest BCUT2D eigenvalue weighted by atomic mass is 35.5. The van der Waals surface area contributed by atoms with Crippen molar-refractivity contribution in [1.29, 1.82) is 0 Å². The number of aliphatic hydroxyl groups excluding tert-OH is 1. The molecule has 244 valence electrons. The van der Waals surface area contributed by atoms with E-state index in [-0.39, 0.29) is 47.0 Å². The van der Waals surface area contributed by atoms with Crippen molar-refractivity contribution in [3.63, 3.8) is 0 Å². The van der Waals surface area contributed by atoms with E-state index in [0.717, 1.165) is 12.0 Å². The Labute approximate surface area is 266 Å². The van der Waals surface area contributed by atoms with Crippen molar-refractivity contribution in [1.82, 2.24) is 0 Å². The van der Waals surface area contributed by atoms with Crippen LogP contribution in [0.1, 0.15) is 67.2 Å². The third-order valence-electron chi connectivity index (χ3n) is 9.13. The molecule has 0 aromatic rings. The number of allylic oxidation sites excluding steroid dienone is 3. The molecule has 9 heteroatoms. The van der Waals surface area contributed by atoms with Gasteiger partial charge in [-0.05, 0) is 44.0 Å². The summed E-state index contributed by atoms with van der Waals surface area (Å²) in [5.74, 6) is 4.72. The number of methoxy groups -OCH3 is 3. The van der Waals surface area contributed by atoms with E-state index in [4.69, 9.17) is 35.0 Å². The van der Waals surface area contributed by atoms with Crippen molar-refractivity contribution < 1.29 is 33.3 Å². The molecule has 9 atom stereocenters. The van der Waals surface area contributed by atoms with Crippen LogP contribution in [0.25, 0.3) is 0 Å². The number of aliphatic hydroxyl groups is 1. The zero-order chi connectivity index (χ0) is 32.6. The number of ether oxygens (including phenoxy) is 4. The molecule has 0 bridgehead atoms. The van der Waals surface area contributed by atoms with E-state index < -0.39 is 26.2 Å². The van der Waals surface area contributed by atoms with Gasteiger partial charge in [-0.15, -0.1) is 11.6 Å². The normalized spacial score (nSPS) is 30.5. The number of halogens is 1. The molecule has 2 fully saturated rings. The molecule has 0 unspecified atom stereocenters. The molecule has 1 saturated carbocycles. The largest absolute Gasteiger partial charge is 0.469 e. The molecule has 1 N–H and O–H groups in total. The Kier molecular flexibility index (Phi) is 14.2. The second-order valence-corrected chi connectivity index (χ2v) is 19.0. The minimum atomic E-state index is -2.15. The van der Waals surface area contributed by atoms with Crippen LogP contribution in [-0.2, 0) is 28.2 Å². The summed E-state index contributed by atoms with van der Waals surface area (Å²) in [5, 5.41) is 10.8. The molecule has 1 aliphatic carbocycles. The molecule has 0 radical (unpaired) electrons. The molecule has 2 rings (SSSR count). The first-order chi connectivity index (χ1) is 20.0. The van der Waals surface area contributed by atoms with E-state index in [2.05, 4.69) is 59.6 Å². The van der Waals surface area contributed by atoms with Gasteiger partial charge in [-0.2, -0.15) is 0 Å². The minimum Gasteiger partial charge on any atom is -0.469 e. The van der Waals surface area contributed by atoms with E-state index in [1.54, 1.807) is 32.4 Å². The Morgan fingerprint density at radius 1 is 1.23 bits per heavy atom. The highest BCUT2D eigenvalue weighted by Crippen LogP contribution is 2.45. The number of carbonyl (C=O) groups is 1. The van der Waals surface area contributed by atoms with Gasteiger partial charge in [-0.1, -0.05) is 76.3 Å². The Morgan fingerprint density at radius 3 is 2.42 bits per heavy atom. The van der Waals surface area contributed by atoms with Gasteiger partial charge < -0.3 is 28.5 Å². The quantitative estimate of drug-likeness (QED) is 0.0593.